The van der Waals surface area contributed by atoms with Crippen LogP contribution in [-0.4, -0.2) is 33.4 Å². The number of aromatic nitrogens is 1. The van der Waals surface area contributed by atoms with E-state index < -0.39 is 29.3 Å². The number of hydrogen-bond donors (Lipinski definition) is 2. The van der Waals surface area contributed by atoms with Gasteiger partial charge >= 0.3 is 5.97 Å². The number of benzene rings is 2. The number of amides is 1. The number of carboxylic acid groups (broad SMARTS) is 1. The molecule has 2 aromatic carbocycles. The Labute approximate surface area is 156 Å². The van der Waals surface area contributed by atoms with Crippen molar-refractivity contribution >= 4 is 28.4 Å². The van der Waals surface area contributed by atoms with E-state index in [1.807, 2.05) is 0 Å². The number of fused-ring (bicyclic) bond motifs is 3. The smallest absolute Gasteiger partial charge is 0.339 e. The van der Waals surface area contributed by atoms with Gasteiger partial charge in [0.15, 0.2) is 11.6 Å². The second kappa shape index (κ2) is 6.56. The number of aromatic amines is 1. The van der Waals surface area contributed by atoms with Gasteiger partial charge in [0.1, 0.15) is 5.82 Å². The highest BCUT2D eigenvalue weighted by Gasteiger charge is 2.27. The molecule has 4 rings (SSSR count). The normalized spacial score (nSPS) is 13.8. The van der Waals surface area contributed by atoms with Crippen LogP contribution in [0.15, 0.2) is 42.6 Å². The predicted octanol–water partition coefficient (Wildman–Crippen LogP) is 3.71. The number of nitrogens with zero attached hydrogens (tertiary/aromatic N) is 1. The zero-order valence-electron chi connectivity index (χ0n) is 14.3. The Balaban J connectivity index is 1.79. The molecule has 8 heteroatoms. The third-order valence-corrected chi connectivity index (χ3v) is 4.68. The van der Waals surface area contributed by atoms with E-state index in [2.05, 4.69) is 4.98 Å². The molecule has 0 bridgehead atoms. The summed E-state index contributed by atoms with van der Waals surface area (Å²) in [6.07, 6.45) is 1.41. The van der Waals surface area contributed by atoms with E-state index in [4.69, 9.17) is 0 Å². The molecule has 28 heavy (non-hydrogen) atoms. The van der Waals surface area contributed by atoms with Crippen molar-refractivity contribution in [3.63, 3.8) is 0 Å². The average Bonchev–Trinajstić information content (AvgIpc) is 2.89. The Kier molecular flexibility index (Phi) is 4.18. The minimum absolute atomic E-state index is 0.0884. The van der Waals surface area contributed by atoms with Gasteiger partial charge in [0.25, 0.3) is 5.91 Å². The number of carboxylic acids is 1. The Morgan fingerprint density at radius 1 is 1.04 bits per heavy atom. The van der Waals surface area contributed by atoms with Gasteiger partial charge in [0.05, 0.1) is 11.3 Å². The molecule has 142 valence electrons. The fourth-order valence-corrected chi connectivity index (χ4v) is 3.34. The van der Waals surface area contributed by atoms with E-state index in [1.54, 1.807) is 0 Å². The number of carbonyl (C=O) groups excluding carboxylic acids is 1. The fourth-order valence-electron chi connectivity index (χ4n) is 3.34. The monoisotopic (exact) mass is 386 g/mol. The molecule has 0 spiro atoms. The van der Waals surface area contributed by atoms with Gasteiger partial charge in [-0.05, 0) is 48.4 Å². The van der Waals surface area contributed by atoms with Crippen molar-refractivity contribution in [3.05, 3.63) is 76.9 Å². The summed E-state index contributed by atoms with van der Waals surface area (Å²) in [5, 5.41) is 10.2. The summed E-state index contributed by atoms with van der Waals surface area (Å²) in [5.41, 5.74) is 1.15. The minimum atomic E-state index is -1.28. The lowest BCUT2D eigenvalue weighted by Gasteiger charge is -2.17. The Morgan fingerprint density at radius 2 is 1.82 bits per heavy atom. The van der Waals surface area contributed by atoms with Crippen molar-refractivity contribution in [3.8, 4) is 0 Å². The average molecular weight is 386 g/mol. The maximum atomic E-state index is 13.7. The molecular weight excluding hydrogens is 373 g/mol. The number of halogens is 3. The molecule has 0 unspecified atom stereocenters. The third kappa shape index (κ3) is 2.92. The quantitative estimate of drug-likeness (QED) is 0.705. The summed E-state index contributed by atoms with van der Waals surface area (Å²) in [6, 6.07) is 6.81. The Bertz CT molecular complexity index is 1170. The highest BCUT2D eigenvalue weighted by atomic mass is 19.2. The van der Waals surface area contributed by atoms with Crippen LogP contribution in [0.2, 0.25) is 0 Å². The molecule has 1 aliphatic rings. The lowest BCUT2D eigenvalue weighted by atomic mass is 10.0. The molecule has 5 nitrogen and oxygen atoms in total. The summed E-state index contributed by atoms with van der Waals surface area (Å²) in [4.78, 5) is 28.6. The van der Waals surface area contributed by atoms with Crippen LogP contribution in [0.4, 0.5) is 13.2 Å². The molecule has 2 N–H and O–H groups in total. The predicted molar refractivity (Wildman–Crippen MR) is 95.0 cm³/mol. The molecule has 3 aromatic rings. The first kappa shape index (κ1) is 17.8. The topological polar surface area (TPSA) is 73.4 Å². The van der Waals surface area contributed by atoms with Gasteiger partial charge in [-0.25, -0.2) is 18.0 Å². The Morgan fingerprint density at radius 3 is 2.54 bits per heavy atom. The fraction of sp³-hybridized carbons (Fsp3) is 0.100. The van der Waals surface area contributed by atoms with Gasteiger partial charge in [-0.15, -0.1) is 0 Å². The summed E-state index contributed by atoms with van der Waals surface area (Å²) in [7, 11) is 0. The van der Waals surface area contributed by atoms with Crippen LogP contribution in [0.5, 0.6) is 0 Å². The van der Waals surface area contributed by atoms with E-state index in [0.29, 0.717) is 16.5 Å². The molecule has 0 saturated carbocycles. The maximum absolute atomic E-state index is 13.7. The maximum Gasteiger partial charge on any atom is 0.339 e. The zero-order chi connectivity index (χ0) is 20.0. The van der Waals surface area contributed by atoms with Crippen molar-refractivity contribution in [1.29, 1.82) is 0 Å². The SMILES string of the molecule is O=C(O)C1=CN(C(=O)c2ccc(F)c(F)c2)CCc2c1[nH]c1ccc(F)cc21. The van der Waals surface area contributed by atoms with E-state index >= 15 is 0 Å². The highest BCUT2D eigenvalue weighted by molar-refractivity contribution is 6.17. The largest absolute Gasteiger partial charge is 0.478 e. The van der Waals surface area contributed by atoms with Crippen molar-refractivity contribution in [1.82, 2.24) is 9.88 Å². The second-order valence-corrected chi connectivity index (χ2v) is 6.39. The van der Waals surface area contributed by atoms with Crippen LogP contribution in [0, 0.1) is 17.5 Å². The zero-order valence-corrected chi connectivity index (χ0v) is 14.3. The van der Waals surface area contributed by atoms with Crippen molar-refractivity contribution in [2.75, 3.05) is 6.54 Å². The lowest BCUT2D eigenvalue weighted by molar-refractivity contribution is -0.130. The van der Waals surface area contributed by atoms with Crippen LogP contribution in [0.3, 0.4) is 0 Å². The first-order valence-corrected chi connectivity index (χ1v) is 8.37. The molecule has 2 heterocycles. The molecule has 0 aliphatic carbocycles. The van der Waals surface area contributed by atoms with Crippen LogP contribution >= 0.6 is 0 Å². The second-order valence-electron chi connectivity index (χ2n) is 6.39. The van der Waals surface area contributed by atoms with Crippen molar-refractivity contribution in [2.24, 2.45) is 0 Å². The molecule has 1 aliphatic heterocycles. The number of hydrogen-bond acceptors (Lipinski definition) is 2. The molecule has 0 radical (unpaired) electrons. The summed E-state index contributed by atoms with van der Waals surface area (Å²) >= 11 is 0. The minimum Gasteiger partial charge on any atom is -0.478 e. The van der Waals surface area contributed by atoms with E-state index in [0.717, 1.165) is 29.3 Å². The molecule has 0 saturated heterocycles. The van der Waals surface area contributed by atoms with E-state index in [9.17, 15) is 27.9 Å². The molecule has 1 aromatic heterocycles. The number of nitrogens with one attached hydrogen (secondary N) is 1. The molecular formula is C20H13F3N2O3. The van der Waals surface area contributed by atoms with Crippen LogP contribution < -0.4 is 0 Å². The van der Waals surface area contributed by atoms with Crippen molar-refractivity contribution < 1.29 is 27.9 Å². The third-order valence-electron chi connectivity index (χ3n) is 4.68. The summed E-state index contributed by atoms with van der Waals surface area (Å²) in [6.45, 7) is 0.0884. The summed E-state index contributed by atoms with van der Waals surface area (Å²) in [5.74, 6) is -4.67. The molecule has 0 atom stereocenters. The van der Waals surface area contributed by atoms with E-state index in [-0.39, 0.29) is 29.8 Å². The first-order chi connectivity index (χ1) is 13.3. The van der Waals surface area contributed by atoms with Crippen molar-refractivity contribution in [2.45, 2.75) is 6.42 Å². The number of carbonyl (C=O) groups is 2. The Hall–Kier alpha value is -3.55. The number of H-pyrrole nitrogens is 1. The number of rotatable bonds is 2. The van der Waals surface area contributed by atoms with Crippen LogP contribution in [-0.2, 0) is 11.2 Å². The van der Waals surface area contributed by atoms with Gasteiger partial charge < -0.3 is 15.0 Å². The molecule has 0 fully saturated rings. The van der Waals surface area contributed by atoms with E-state index in [1.165, 1.54) is 18.2 Å². The van der Waals surface area contributed by atoms with Gasteiger partial charge in [0, 0.05) is 29.2 Å². The molecule has 1 amide bonds. The first-order valence-electron chi connectivity index (χ1n) is 8.37. The van der Waals surface area contributed by atoms with Gasteiger partial charge in [-0.3, -0.25) is 4.79 Å². The van der Waals surface area contributed by atoms with Crippen LogP contribution in [0.25, 0.3) is 16.5 Å². The van der Waals surface area contributed by atoms with Gasteiger partial charge in [0.2, 0.25) is 0 Å². The highest BCUT2D eigenvalue weighted by Crippen LogP contribution is 2.31. The summed E-state index contributed by atoms with van der Waals surface area (Å²) < 4.78 is 40.3. The van der Waals surface area contributed by atoms with Crippen LogP contribution in [0.1, 0.15) is 21.6 Å². The van der Waals surface area contributed by atoms with Gasteiger partial charge in [-0.2, -0.15) is 0 Å². The number of aliphatic carboxylic acids is 1. The van der Waals surface area contributed by atoms with Gasteiger partial charge in [-0.1, -0.05) is 0 Å². The standard InChI is InChI=1S/C20H13F3N2O3/c21-11-2-4-17-13(8-11)12-5-6-25(9-14(20(27)28)18(12)24-17)19(26)10-1-3-15(22)16(23)7-10/h1-4,7-9,24H,5-6H2,(H,27,28). The lowest BCUT2D eigenvalue weighted by Crippen LogP contribution is -2.28.